The fourth-order valence-corrected chi connectivity index (χ4v) is 4.56. The van der Waals surface area contributed by atoms with Crippen molar-refractivity contribution in [3.8, 4) is 11.4 Å². The molecule has 0 aliphatic rings. The fraction of sp³-hybridized carbons (Fsp3) is 0.0833. The first kappa shape index (κ1) is 20.5. The van der Waals surface area contributed by atoms with E-state index in [0.717, 1.165) is 37.8 Å². The van der Waals surface area contributed by atoms with Crippen molar-refractivity contribution in [1.82, 2.24) is 24.5 Å². The number of pyridine rings is 3. The second kappa shape index (κ2) is 8.98. The number of benzene rings is 1. The highest BCUT2D eigenvalue weighted by atomic mass is 35.5. The Labute approximate surface area is 194 Å². The van der Waals surface area contributed by atoms with Crippen LogP contribution in [0.3, 0.4) is 0 Å². The summed E-state index contributed by atoms with van der Waals surface area (Å²) in [6, 6.07) is 13.7. The van der Waals surface area contributed by atoms with Crippen LogP contribution < -0.4 is 4.74 Å². The number of para-hydroxylation sites is 1. The number of hydrogen-bond acceptors (Lipinski definition) is 6. The average molecular weight is 460 g/mol. The summed E-state index contributed by atoms with van der Waals surface area (Å²) in [5.41, 5.74) is 3.55. The SMILES string of the molecule is Cc1cc(-n2ccnc2)c2cccc(OCc3c(Cl)cncc3Sc3ccccn3)c2n1. The molecule has 6 nitrogen and oxygen atoms in total. The summed E-state index contributed by atoms with van der Waals surface area (Å²) >= 11 is 8.00. The zero-order valence-electron chi connectivity index (χ0n) is 17.1. The Kier molecular flexibility index (Phi) is 5.75. The average Bonchev–Trinajstić information content (AvgIpc) is 3.34. The number of fused-ring (bicyclic) bond motifs is 1. The summed E-state index contributed by atoms with van der Waals surface area (Å²) in [4.78, 5) is 18.4. The minimum atomic E-state index is 0.283. The highest BCUT2D eigenvalue weighted by molar-refractivity contribution is 7.99. The van der Waals surface area contributed by atoms with Crippen LogP contribution in [0.5, 0.6) is 5.75 Å². The van der Waals surface area contributed by atoms with Gasteiger partial charge in [-0.2, -0.15) is 0 Å². The van der Waals surface area contributed by atoms with Crippen LogP contribution in [-0.2, 0) is 6.61 Å². The second-order valence-electron chi connectivity index (χ2n) is 7.06. The standard InChI is InChI=1S/C24H18ClN5OS/c1-16-11-20(30-10-9-26-15-30)17-5-4-6-21(24(17)29-16)31-14-18-19(25)12-27-13-22(18)32-23-7-2-3-8-28-23/h2-13,15H,14H2,1H3. The molecular formula is C24H18ClN5OS. The van der Waals surface area contributed by atoms with Gasteiger partial charge in [-0.15, -0.1) is 0 Å². The molecule has 0 saturated carbocycles. The van der Waals surface area contributed by atoms with Gasteiger partial charge < -0.3 is 9.30 Å². The van der Waals surface area contributed by atoms with Gasteiger partial charge in [-0.25, -0.2) is 15.0 Å². The number of imidazole rings is 1. The van der Waals surface area contributed by atoms with E-state index >= 15 is 0 Å². The summed E-state index contributed by atoms with van der Waals surface area (Å²) in [7, 11) is 0. The molecular weight excluding hydrogens is 442 g/mol. The molecule has 5 aromatic rings. The monoisotopic (exact) mass is 459 g/mol. The van der Waals surface area contributed by atoms with Crippen molar-refractivity contribution in [2.75, 3.05) is 0 Å². The molecule has 158 valence electrons. The molecule has 0 fully saturated rings. The van der Waals surface area contributed by atoms with Gasteiger partial charge in [0.2, 0.25) is 0 Å². The Hall–Kier alpha value is -3.42. The lowest BCUT2D eigenvalue weighted by Gasteiger charge is -2.15. The number of ether oxygens (including phenoxy) is 1. The Morgan fingerprint density at radius 3 is 2.81 bits per heavy atom. The van der Waals surface area contributed by atoms with Gasteiger partial charge in [-0.1, -0.05) is 41.6 Å². The third kappa shape index (κ3) is 4.17. The Balaban J connectivity index is 1.49. The molecule has 5 rings (SSSR count). The number of aromatic nitrogens is 5. The van der Waals surface area contributed by atoms with E-state index in [1.807, 2.05) is 60.2 Å². The van der Waals surface area contributed by atoms with Crippen LogP contribution in [0.25, 0.3) is 16.6 Å². The van der Waals surface area contributed by atoms with E-state index in [0.29, 0.717) is 10.8 Å². The maximum atomic E-state index is 6.50. The van der Waals surface area contributed by atoms with Gasteiger partial charge in [-0.05, 0) is 31.2 Å². The van der Waals surface area contributed by atoms with Crippen LogP contribution in [0.15, 0.2) is 89.7 Å². The smallest absolute Gasteiger partial charge is 0.146 e. The largest absolute Gasteiger partial charge is 0.487 e. The third-order valence-electron chi connectivity index (χ3n) is 4.88. The summed E-state index contributed by atoms with van der Waals surface area (Å²) in [6.45, 7) is 2.25. The number of aryl methyl sites for hydroxylation is 1. The van der Waals surface area contributed by atoms with Crippen LogP contribution in [0, 0.1) is 6.92 Å². The van der Waals surface area contributed by atoms with Crippen molar-refractivity contribution in [3.05, 3.63) is 96.1 Å². The Bertz CT molecular complexity index is 1380. The van der Waals surface area contributed by atoms with Gasteiger partial charge in [0.05, 0.1) is 17.0 Å². The molecule has 0 N–H and O–H groups in total. The predicted molar refractivity (Wildman–Crippen MR) is 126 cm³/mol. The van der Waals surface area contributed by atoms with Crippen LogP contribution in [-0.4, -0.2) is 24.5 Å². The van der Waals surface area contributed by atoms with Gasteiger partial charge in [-0.3, -0.25) is 4.98 Å². The van der Waals surface area contributed by atoms with Crippen LogP contribution >= 0.6 is 23.4 Å². The van der Waals surface area contributed by atoms with E-state index in [2.05, 4.69) is 15.0 Å². The van der Waals surface area contributed by atoms with Gasteiger partial charge in [0, 0.05) is 52.5 Å². The summed E-state index contributed by atoms with van der Waals surface area (Å²) in [5, 5.41) is 2.40. The van der Waals surface area contributed by atoms with Crippen molar-refractivity contribution in [1.29, 1.82) is 0 Å². The molecule has 0 aliphatic heterocycles. The lowest BCUT2D eigenvalue weighted by atomic mass is 10.1. The van der Waals surface area contributed by atoms with E-state index in [1.165, 1.54) is 11.8 Å². The van der Waals surface area contributed by atoms with Gasteiger partial charge in [0.15, 0.2) is 0 Å². The molecule has 1 aromatic carbocycles. The minimum Gasteiger partial charge on any atom is -0.487 e. The first-order chi connectivity index (χ1) is 15.7. The highest BCUT2D eigenvalue weighted by Crippen LogP contribution is 2.34. The number of nitrogens with zero attached hydrogens (tertiary/aromatic N) is 5. The molecule has 0 radical (unpaired) electrons. The van der Waals surface area contributed by atoms with E-state index in [-0.39, 0.29) is 6.61 Å². The zero-order valence-corrected chi connectivity index (χ0v) is 18.7. The highest BCUT2D eigenvalue weighted by Gasteiger charge is 2.14. The quantitative estimate of drug-likeness (QED) is 0.315. The molecule has 0 bridgehead atoms. The van der Waals surface area contributed by atoms with Crippen molar-refractivity contribution in [2.45, 2.75) is 23.5 Å². The van der Waals surface area contributed by atoms with Crippen molar-refractivity contribution in [3.63, 3.8) is 0 Å². The molecule has 0 spiro atoms. The van der Waals surface area contributed by atoms with Crippen molar-refractivity contribution in [2.24, 2.45) is 0 Å². The third-order valence-corrected chi connectivity index (χ3v) is 6.23. The van der Waals surface area contributed by atoms with Gasteiger partial charge in [0.25, 0.3) is 0 Å². The molecule has 0 amide bonds. The first-order valence-corrected chi connectivity index (χ1v) is 11.1. The summed E-state index contributed by atoms with van der Waals surface area (Å²) in [5.74, 6) is 0.689. The summed E-state index contributed by atoms with van der Waals surface area (Å²) in [6.07, 6.45) is 10.6. The van der Waals surface area contributed by atoms with E-state index < -0.39 is 0 Å². The molecule has 0 aliphatic carbocycles. The van der Waals surface area contributed by atoms with Gasteiger partial charge in [0.1, 0.15) is 22.9 Å². The van der Waals surface area contributed by atoms with E-state index in [4.69, 9.17) is 21.3 Å². The van der Waals surface area contributed by atoms with Gasteiger partial charge >= 0.3 is 0 Å². The molecule has 0 saturated heterocycles. The minimum absolute atomic E-state index is 0.283. The number of rotatable bonds is 6. The van der Waals surface area contributed by atoms with E-state index in [9.17, 15) is 0 Å². The van der Waals surface area contributed by atoms with Crippen LogP contribution in [0.2, 0.25) is 5.02 Å². The topological polar surface area (TPSA) is 65.7 Å². The second-order valence-corrected chi connectivity index (χ2v) is 8.53. The first-order valence-electron chi connectivity index (χ1n) is 9.92. The van der Waals surface area contributed by atoms with E-state index in [1.54, 1.807) is 31.1 Å². The maximum Gasteiger partial charge on any atom is 0.146 e. The maximum absolute atomic E-state index is 6.50. The van der Waals surface area contributed by atoms with Crippen molar-refractivity contribution < 1.29 is 4.74 Å². The van der Waals surface area contributed by atoms with Crippen LogP contribution in [0.1, 0.15) is 11.3 Å². The molecule has 4 aromatic heterocycles. The molecule has 32 heavy (non-hydrogen) atoms. The fourth-order valence-electron chi connectivity index (χ4n) is 3.40. The normalized spacial score (nSPS) is 11.1. The molecule has 4 heterocycles. The Morgan fingerprint density at radius 1 is 1.06 bits per heavy atom. The number of halogens is 1. The van der Waals surface area contributed by atoms with Crippen LogP contribution in [0.4, 0.5) is 0 Å². The zero-order chi connectivity index (χ0) is 21.9. The lowest BCUT2D eigenvalue weighted by molar-refractivity contribution is 0.306. The lowest BCUT2D eigenvalue weighted by Crippen LogP contribution is -2.02. The number of hydrogen-bond donors (Lipinski definition) is 0. The molecule has 8 heteroatoms. The van der Waals surface area contributed by atoms with Crippen molar-refractivity contribution >= 4 is 34.3 Å². The summed E-state index contributed by atoms with van der Waals surface area (Å²) < 4.78 is 8.23. The molecule has 0 unspecified atom stereocenters. The Morgan fingerprint density at radius 2 is 2.00 bits per heavy atom. The predicted octanol–water partition coefficient (Wildman–Crippen LogP) is 5.90. The molecule has 0 atom stereocenters.